The van der Waals surface area contributed by atoms with Gasteiger partial charge in [-0.15, -0.1) is 0 Å². The lowest BCUT2D eigenvalue weighted by Crippen LogP contribution is -2.33. The van der Waals surface area contributed by atoms with Crippen LogP contribution in [0.15, 0.2) is 60.8 Å². The van der Waals surface area contributed by atoms with Gasteiger partial charge in [-0.2, -0.15) is 0 Å². The number of hydrogen-bond acceptors (Lipinski definition) is 5. The number of pyridine rings is 1. The molecule has 0 bridgehead atoms. The second-order valence-corrected chi connectivity index (χ2v) is 9.11. The molecule has 1 unspecified atom stereocenters. The van der Waals surface area contributed by atoms with Gasteiger partial charge in [0.05, 0.1) is 11.1 Å². The lowest BCUT2D eigenvalue weighted by molar-refractivity contribution is -0.119. The predicted molar refractivity (Wildman–Crippen MR) is 131 cm³/mol. The van der Waals surface area contributed by atoms with E-state index in [1.165, 1.54) is 59.1 Å². The zero-order valence-corrected chi connectivity index (χ0v) is 19.8. The third-order valence-corrected chi connectivity index (χ3v) is 6.81. The number of amides is 1. The van der Waals surface area contributed by atoms with Crippen LogP contribution in [0.5, 0.6) is 0 Å². The Kier molecular flexibility index (Phi) is 5.20. The standard InChI is InChI=1S/C27H18F4N6O/c1-27(14-5-7-15(28)8-6-14)20-23(32)34-25(35-24(20)36-26(27)38)22-18-10-9-16(29)12-37(18)19(33-22)11-13-3-2-4-17(30)21(13)31/h2-10,12H,11H2,1H3,(H3,32,34,35,36,38). The highest BCUT2D eigenvalue weighted by molar-refractivity contribution is 6.09. The molecule has 7 nitrogen and oxygen atoms in total. The molecular weight excluding hydrogens is 500 g/mol. The maximum Gasteiger partial charge on any atom is 0.240 e. The highest BCUT2D eigenvalue weighted by Gasteiger charge is 2.47. The van der Waals surface area contributed by atoms with E-state index < -0.39 is 34.6 Å². The average molecular weight is 518 g/mol. The first-order valence-corrected chi connectivity index (χ1v) is 11.5. The Bertz CT molecular complexity index is 1770. The molecule has 1 amide bonds. The van der Waals surface area contributed by atoms with E-state index in [9.17, 15) is 22.4 Å². The topological polar surface area (TPSA) is 98.2 Å². The number of rotatable bonds is 4. The summed E-state index contributed by atoms with van der Waals surface area (Å²) in [5.74, 6) is -3.07. The number of carbonyl (C=O) groups is 1. The van der Waals surface area contributed by atoms with Gasteiger partial charge in [0, 0.05) is 12.6 Å². The molecule has 3 N–H and O–H groups in total. The Morgan fingerprint density at radius 3 is 2.45 bits per heavy atom. The van der Waals surface area contributed by atoms with Gasteiger partial charge in [0.15, 0.2) is 17.5 Å². The first-order valence-electron chi connectivity index (χ1n) is 11.5. The summed E-state index contributed by atoms with van der Waals surface area (Å²) in [5, 5.41) is 2.72. The Balaban J connectivity index is 1.49. The van der Waals surface area contributed by atoms with Gasteiger partial charge >= 0.3 is 0 Å². The molecule has 0 spiro atoms. The number of halogens is 4. The second kappa shape index (κ2) is 8.37. The first kappa shape index (κ1) is 23.6. The highest BCUT2D eigenvalue weighted by Crippen LogP contribution is 2.45. The number of imidazole rings is 1. The van der Waals surface area contributed by atoms with E-state index in [-0.39, 0.29) is 41.0 Å². The molecule has 4 heterocycles. The van der Waals surface area contributed by atoms with Crippen LogP contribution < -0.4 is 11.1 Å². The van der Waals surface area contributed by atoms with Crippen molar-refractivity contribution >= 4 is 23.1 Å². The minimum atomic E-state index is -1.27. The lowest BCUT2D eigenvalue weighted by Gasteiger charge is -2.23. The molecule has 3 aromatic heterocycles. The van der Waals surface area contributed by atoms with Gasteiger partial charge in [-0.1, -0.05) is 24.3 Å². The van der Waals surface area contributed by atoms with Crippen molar-refractivity contribution in [3.05, 3.63) is 107 Å². The fraction of sp³-hybridized carbons (Fsp3) is 0.111. The summed E-state index contributed by atoms with van der Waals surface area (Å²) in [6, 6.07) is 11.9. The van der Waals surface area contributed by atoms with Crippen molar-refractivity contribution < 1.29 is 22.4 Å². The second-order valence-electron chi connectivity index (χ2n) is 9.11. The minimum Gasteiger partial charge on any atom is -0.383 e. The van der Waals surface area contributed by atoms with E-state index in [4.69, 9.17) is 5.73 Å². The molecule has 2 aromatic carbocycles. The van der Waals surface area contributed by atoms with Crippen molar-refractivity contribution in [2.24, 2.45) is 0 Å². The van der Waals surface area contributed by atoms with Crippen molar-refractivity contribution in [2.75, 3.05) is 11.1 Å². The highest BCUT2D eigenvalue weighted by atomic mass is 19.2. The molecule has 0 saturated carbocycles. The van der Waals surface area contributed by atoms with Crippen LogP contribution in [0.2, 0.25) is 0 Å². The zero-order chi connectivity index (χ0) is 26.8. The third kappa shape index (κ3) is 3.50. The minimum absolute atomic E-state index is 0.00355. The summed E-state index contributed by atoms with van der Waals surface area (Å²) in [6.07, 6.45) is 1.02. The smallest absolute Gasteiger partial charge is 0.240 e. The fourth-order valence-electron chi connectivity index (χ4n) is 4.84. The monoisotopic (exact) mass is 518 g/mol. The molecule has 0 radical (unpaired) electrons. The van der Waals surface area contributed by atoms with E-state index in [2.05, 4.69) is 20.3 Å². The number of aromatic nitrogens is 4. The number of anilines is 2. The summed E-state index contributed by atoms with van der Waals surface area (Å²) >= 11 is 0. The Morgan fingerprint density at radius 2 is 1.68 bits per heavy atom. The molecule has 190 valence electrons. The van der Waals surface area contributed by atoms with Crippen LogP contribution >= 0.6 is 0 Å². The van der Waals surface area contributed by atoms with Crippen molar-refractivity contribution in [1.82, 2.24) is 19.4 Å². The lowest BCUT2D eigenvalue weighted by atomic mass is 9.78. The van der Waals surface area contributed by atoms with Gasteiger partial charge in [-0.25, -0.2) is 32.5 Å². The maximum atomic E-state index is 14.4. The van der Waals surface area contributed by atoms with Gasteiger partial charge in [-0.3, -0.25) is 9.20 Å². The summed E-state index contributed by atoms with van der Waals surface area (Å²) in [7, 11) is 0. The summed E-state index contributed by atoms with van der Waals surface area (Å²) in [4.78, 5) is 26.5. The Labute approximate surface area is 213 Å². The van der Waals surface area contributed by atoms with Crippen molar-refractivity contribution in [3.8, 4) is 11.5 Å². The van der Waals surface area contributed by atoms with Crippen molar-refractivity contribution in [2.45, 2.75) is 18.8 Å². The quantitative estimate of drug-likeness (QED) is 0.334. The number of fused-ring (bicyclic) bond motifs is 2. The summed E-state index contributed by atoms with van der Waals surface area (Å²) in [6.45, 7) is 1.64. The average Bonchev–Trinajstić information content (AvgIpc) is 3.37. The van der Waals surface area contributed by atoms with Crippen LogP contribution in [-0.2, 0) is 16.6 Å². The number of benzene rings is 2. The van der Waals surface area contributed by atoms with E-state index >= 15 is 0 Å². The van der Waals surface area contributed by atoms with Gasteiger partial charge in [-0.05, 0) is 48.4 Å². The molecule has 11 heteroatoms. The largest absolute Gasteiger partial charge is 0.383 e. The van der Waals surface area contributed by atoms with Gasteiger partial charge in [0.25, 0.3) is 0 Å². The van der Waals surface area contributed by atoms with Gasteiger partial charge in [0.1, 0.15) is 40.2 Å². The Morgan fingerprint density at radius 1 is 0.947 bits per heavy atom. The maximum absolute atomic E-state index is 14.4. The number of hydrogen-bond donors (Lipinski definition) is 2. The fourth-order valence-corrected chi connectivity index (χ4v) is 4.84. The van der Waals surface area contributed by atoms with Gasteiger partial charge in [0.2, 0.25) is 5.91 Å². The van der Waals surface area contributed by atoms with Crippen LogP contribution in [0, 0.1) is 23.3 Å². The molecule has 38 heavy (non-hydrogen) atoms. The van der Waals surface area contributed by atoms with E-state index in [0.29, 0.717) is 16.6 Å². The van der Waals surface area contributed by atoms with Gasteiger partial charge < -0.3 is 11.1 Å². The molecule has 0 saturated heterocycles. The number of carbonyl (C=O) groups excluding carboxylic acids is 1. The number of nitrogen functional groups attached to an aromatic ring is 1. The summed E-state index contributed by atoms with van der Waals surface area (Å²) in [5.41, 5.74) is 6.53. The predicted octanol–water partition coefficient (Wildman–Crippen LogP) is 4.78. The number of nitrogens with zero attached hydrogens (tertiary/aromatic N) is 4. The molecule has 1 aliphatic heterocycles. The summed E-state index contributed by atoms with van der Waals surface area (Å²) < 4.78 is 57.3. The zero-order valence-electron chi connectivity index (χ0n) is 19.8. The SMILES string of the molecule is CC1(c2ccc(F)cc2)C(=O)Nc2nc(-c3nc(Cc4cccc(F)c4F)n4cc(F)ccc34)nc(N)c21. The number of nitrogens with one attached hydrogen (secondary N) is 1. The van der Waals surface area contributed by atoms with Crippen LogP contribution in [-0.4, -0.2) is 25.3 Å². The molecule has 0 fully saturated rings. The number of nitrogens with two attached hydrogens (primary N) is 1. The van der Waals surface area contributed by atoms with Crippen LogP contribution in [0.4, 0.5) is 29.2 Å². The molecular formula is C27H18F4N6O. The molecule has 6 rings (SSSR count). The molecule has 5 aromatic rings. The van der Waals surface area contributed by atoms with Crippen molar-refractivity contribution in [1.29, 1.82) is 0 Å². The third-order valence-electron chi connectivity index (χ3n) is 6.81. The molecule has 0 aliphatic carbocycles. The molecule has 1 atom stereocenters. The van der Waals surface area contributed by atoms with Crippen LogP contribution in [0.25, 0.3) is 17.0 Å². The van der Waals surface area contributed by atoms with E-state index in [1.54, 1.807) is 6.92 Å². The normalized spacial score (nSPS) is 16.6. The van der Waals surface area contributed by atoms with E-state index in [0.717, 1.165) is 6.07 Å². The van der Waals surface area contributed by atoms with Crippen LogP contribution in [0.1, 0.15) is 29.4 Å². The first-order chi connectivity index (χ1) is 18.2. The Hall–Kier alpha value is -4.80. The van der Waals surface area contributed by atoms with Crippen LogP contribution in [0.3, 0.4) is 0 Å². The van der Waals surface area contributed by atoms with E-state index in [1.807, 2.05) is 0 Å². The molecule has 1 aliphatic rings. The van der Waals surface area contributed by atoms with Crippen molar-refractivity contribution in [3.63, 3.8) is 0 Å².